The van der Waals surface area contributed by atoms with E-state index in [1.807, 2.05) is 0 Å². The topological polar surface area (TPSA) is 0 Å². The molecule has 0 aromatic heterocycles. The molecule has 2 heteroatoms. The molecule has 1 aromatic carbocycles. The predicted octanol–water partition coefficient (Wildman–Crippen LogP) is 2.59. The maximum atomic E-state index is 2.38. The summed E-state index contributed by atoms with van der Waals surface area (Å²) >= 11 is 0. The molecule has 0 N–H and O–H groups in total. The minimum atomic E-state index is 0.321. The lowest BCUT2D eigenvalue weighted by Crippen LogP contribution is -2.24. The summed E-state index contributed by atoms with van der Waals surface area (Å²) in [5.74, 6) is 0. The number of hydrogen-bond donors (Lipinski definition) is 0. The van der Waals surface area contributed by atoms with E-state index in [-0.39, 0.29) is 0 Å². The van der Waals surface area contributed by atoms with Crippen molar-refractivity contribution in [3.8, 4) is 0 Å². The maximum Gasteiger partial charge on any atom is 0.00748 e. The van der Waals surface area contributed by atoms with Crippen LogP contribution in [0.4, 0.5) is 0 Å². The van der Waals surface area contributed by atoms with E-state index in [2.05, 4.69) is 65.8 Å². The second-order valence-electron chi connectivity index (χ2n) is 7.33. The monoisotopic (exact) mass is 278 g/mol. The van der Waals surface area contributed by atoms with Crippen LogP contribution in [0, 0.1) is 0 Å². The molecule has 0 radical (unpaired) electrons. The summed E-state index contributed by atoms with van der Waals surface area (Å²) in [6, 6.07) is 9.43. The molecule has 18 heavy (non-hydrogen) atoms. The Morgan fingerprint density at radius 1 is 0.722 bits per heavy atom. The van der Waals surface area contributed by atoms with Crippen molar-refractivity contribution >= 4 is 20.5 Å². The highest BCUT2D eigenvalue weighted by molar-refractivity contribution is 6.12. The van der Waals surface area contributed by atoms with E-state index in [1.165, 1.54) is 31.6 Å². The molecular formula is C16H30Si2. The van der Waals surface area contributed by atoms with Gasteiger partial charge in [0.15, 0.2) is 0 Å². The van der Waals surface area contributed by atoms with Crippen molar-refractivity contribution in [1.29, 1.82) is 0 Å². The molecule has 0 nitrogen and oxygen atoms in total. The summed E-state index contributed by atoms with van der Waals surface area (Å²) in [6.45, 7) is 14.2. The molecule has 2 unspecified atom stereocenters. The van der Waals surface area contributed by atoms with Gasteiger partial charge in [-0.3, -0.25) is 0 Å². The van der Waals surface area contributed by atoms with E-state index in [9.17, 15) is 0 Å². The quantitative estimate of drug-likeness (QED) is 0.743. The molecule has 0 fully saturated rings. The minimum Gasteiger partial charge on any atom is -0.0649 e. The summed E-state index contributed by atoms with van der Waals surface area (Å²) in [6.07, 6.45) is 0. The van der Waals surface area contributed by atoms with Crippen LogP contribution in [0.15, 0.2) is 24.3 Å². The highest BCUT2D eigenvalue weighted by atomic mass is 28.1. The molecule has 0 aliphatic heterocycles. The SMILES string of the molecule is CC([SiH3])C(C)(C)c1ccc(C(C)(C)C(C)[SiH3])cc1. The van der Waals surface area contributed by atoms with Crippen LogP contribution in [0.5, 0.6) is 0 Å². The van der Waals surface area contributed by atoms with Crippen molar-refractivity contribution in [3.63, 3.8) is 0 Å². The lowest BCUT2D eigenvalue weighted by Gasteiger charge is -2.33. The van der Waals surface area contributed by atoms with E-state index >= 15 is 0 Å². The fourth-order valence-corrected chi connectivity index (χ4v) is 2.66. The van der Waals surface area contributed by atoms with Crippen LogP contribution in [0.2, 0.25) is 11.1 Å². The van der Waals surface area contributed by atoms with Gasteiger partial charge in [-0.15, -0.1) is 0 Å². The van der Waals surface area contributed by atoms with Gasteiger partial charge < -0.3 is 0 Å². The normalized spacial score (nSPS) is 16.8. The van der Waals surface area contributed by atoms with Crippen molar-refractivity contribution in [3.05, 3.63) is 35.4 Å². The van der Waals surface area contributed by atoms with Crippen molar-refractivity contribution in [2.45, 2.75) is 63.5 Å². The van der Waals surface area contributed by atoms with Gasteiger partial charge in [-0.25, -0.2) is 0 Å². The second-order valence-corrected chi connectivity index (χ2v) is 10.8. The van der Waals surface area contributed by atoms with Crippen LogP contribution in [-0.4, -0.2) is 20.5 Å². The lowest BCUT2D eigenvalue weighted by atomic mass is 9.77. The first-order valence-corrected chi connectivity index (χ1v) is 9.52. The minimum absolute atomic E-state index is 0.321. The van der Waals surface area contributed by atoms with Gasteiger partial charge in [0.2, 0.25) is 0 Å². The van der Waals surface area contributed by atoms with E-state index in [1.54, 1.807) is 0 Å². The van der Waals surface area contributed by atoms with Gasteiger partial charge in [0.25, 0.3) is 0 Å². The van der Waals surface area contributed by atoms with Gasteiger partial charge in [0.05, 0.1) is 0 Å². The Morgan fingerprint density at radius 2 is 0.944 bits per heavy atom. The maximum absolute atomic E-state index is 2.38. The number of rotatable bonds is 4. The predicted molar refractivity (Wildman–Crippen MR) is 91.2 cm³/mol. The average molecular weight is 279 g/mol. The highest BCUT2D eigenvalue weighted by Gasteiger charge is 2.27. The van der Waals surface area contributed by atoms with Crippen molar-refractivity contribution < 1.29 is 0 Å². The fourth-order valence-electron chi connectivity index (χ4n) is 2.00. The first-order chi connectivity index (χ1) is 8.10. The van der Waals surface area contributed by atoms with Gasteiger partial charge in [-0.05, 0) is 33.0 Å². The van der Waals surface area contributed by atoms with Gasteiger partial charge in [0, 0.05) is 20.5 Å². The van der Waals surface area contributed by atoms with Crippen LogP contribution in [-0.2, 0) is 10.8 Å². The Bertz CT molecular complexity index is 347. The molecule has 2 atom stereocenters. The summed E-state index contributed by atoms with van der Waals surface area (Å²) < 4.78 is 0. The van der Waals surface area contributed by atoms with Crippen molar-refractivity contribution in [1.82, 2.24) is 0 Å². The molecule has 1 aromatic rings. The average Bonchev–Trinajstić information content (AvgIpc) is 2.28. The second kappa shape index (κ2) is 5.34. The van der Waals surface area contributed by atoms with Crippen molar-refractivity contribution in [2.24, 2.45) is 0 Å². The Labute approximate surface area is 119 Å². The molecular weight excluding hydrogens is 248 g/mol. The van der Waals surface area contributed by atoms with E-state index in [0.717, 1.165) is 11.1 Å². The molecule has 0 aliphatic carbocycles. The Morgan fingerprint density at radius 3 is 1.11 bits per heavy atom. The first-order valence-electron chi connectivity index (χ1n) is 7.21. The third-order valence-corrected chi connectivity index (χ3v) is 8.15. The molecule has 0 saturated carbocycles. The third kappa shape index (κ3) is 2.97. The molecule has 0 heterocycles. The summed E-state index contributed by atoms with van der Waals surface area (Å²) in [5, 5.41) is 0. The number of hydrogen-bond acceptors (Lipinski definition) is 0. The van der Waals surface area contributed by atoms with Crippen LogP contribution in [0.3, 0.4) is 0 Å². The van der Waals surface area contributed by atoms with Crippen LogP contribution < -0.4 is 0 Å². The Hall–Kier alpha value is -0.346. The van der Waals surface area contributed by atoms with Gasteiger partial charge in [0.1, 0.15) is 0 Å². The third-order valence-electron chi connectivity index (χ3n) is 5.26. The molecule has 0 saturated heterocycles. The van der Waals surface area contributed by atoms with Gasteiger partial charge in [-0.2, -0.15) is 0 Å². The molecule has 0 amide bonds. The van der Waals surface area contributed by atoms with E-state index < -0.39 is 0 Å². The molecule has 102 valence electrons. The first kappa shape index (κ1) is 15.7. The van der Waals surface area contributed by atoms with Crippen molar-refractivity contribution in [2.75, 3.05) is 0 Å². The van der Waals surface area contributed by atoms with Crippen LogP contribution in [0.1, 0.15) is 52.7 Å². The van der Waals surface area contributed by atoms with Gasteiger partial charge >= 0.3 is 0 Å². The molecule has 1 rings (SSSR count). The highest BCUT2D eigenvalue weighted by Crippen LogP contribution is 2.37. The Balaban J connectivity index is 3.08. The zero-order valence-corrected chi connectivity index (χ0v) is 17.5. The zero-order chi connectivity index (χ0) is 14.1. The lowest BCUT2D eigenvalue weighted by molar-refractivity contribution is 0.496. The molecule has 0 bridgehead atoms. The summed E-state index contributed by atoms with van der Waals surface area (Å²) in [7, 11) is 2.51. The smallest absolute Gasteiger partial charge is 0.00748 e. The van der Waals surface area contributed by atoms with Crippen LogP contribution in [0.25, 0.3) is 0 Å². The van der Waals surface area contributed by atoms with Crippen LogP contribution >= 0.6 is 0 Å². The fraction of sp³-hybridized carbons (Fsp3) is 0.625. The summed E-state index contributed by atoms with van der Waals surface area (Å²) in [5.41, 5.74) is 5.22. The molecule has 0 aliphatic rings. The Kier molecular flexibility index (Phi) is 4.66. The number of benzene rings is 1. The largest absolute Gasteiger partial charge is 0.0649 e. The standard InChI is InChI=1S/C16H30Si2/c1-11(17)15(3,4)13-7-9-14(10-8-13)16(5,6)12(2)18/h7-12H,1-6,17-18H3. The zero-order valence-electron chi connectivity index (χ0n) is 13.5. The summed E-state index contributed by atoms with van der Waals surface area (Å²) in [4.78, 5) is 0. The van der Waals surface area contributed by atoms with E-state index in [0.29, 0.717) is 10.8 Å². The van der Waals surface area contributed by atoms with Gasteiger partial charge in [-0.1, -0.05) is 65.8 Å². The van der Waals surface area contributed by atoms with E-state index in [4.69, 9.17) is 0 Å². The molecule has 0 spiro atoms.